The predicted octanol–water partition coefficient (Wildman–Crippen LogP) is 2.54. The summed E-state index contributed by atoms with van der Waals surface area (Å²) in [6.45, 7) is 0. The van der Waals surface area contributed by atoms with E-state index in [1.54, 1.807) is 7.11 Å². The molecule has 0 saturated carbocycles. The molecule has 0 aliphatic heterocycles. The third kappa shape index (κ3) is 2.18. The number of aromatic nitrogens is 4. The Labute approximate surface area is 110 Å². The maximum atomic E-state index is 5.36. The summed E-state index contributed by atoms with van der Waals surface area (Å²) in [6, 6.07) is 15.9. The Morgan fingerprint density at radius 3 is 2.37 bits per heavy atom. The Morgan fingerprint density at radius 1 is 0.947 bits per heavy atom. The van der Waals surface area contributed by atoms with Crippen molar-refractivity contribution in [3.8, 4) is 28.3 Å². The molecule has 0 aliphatic rings. The number of para-hydroxylation sites is 1. The normalized spacial score (nSPS) is 10.4. The van der Waals surface area contributed by atoms with Crippen LogP contribution in [-0.4, -0.2) is 27.7 Å². The highest BCUT2D eigenvalue weighted by atomic mass is 16.5. The maximum Gasteiger partial charge on any atom is 0.204 e. The molecule has 0 saturated heterocycles. The Hall–Kier alpha value is -2.69. The molecule has 0 unspecified atom stereocenters. The molecule has 0 spiro atoms. The van der Waals surface area contributed by atoms with Crippen LogP contribution in [0.5, 0.6) is 5.75 Å². The van der Waals surface area contributed by atoms with Gasteiger partial charge in [0.2, 0.25) is 5.82 Å². The van der Waals surface area contributed by atoms with Crippen molar-refractivity contribution in [3.05, 3.63) is 48.5 Å². The van der Waals surface area contributed by atoms with Crippen molar-refractivity contribution in [2.45, 2.75) is 0 Å². The third-order valence-corrected chi connectivity index (χ3v) is 2.91. The van der Waals surface area contributed by atoms with Crippen molar-refractivity contribution in [1.82, 2.24) is 20.6 Å². The van der Waals surface area contributed by atoms with Gasteiger partial charge in [0.1, 0.15) is 5.75 Å². The first kappa shape index (κ1) is 11.4. The van der Waals surface area contributed by atoms with Crippen LogP contribution in [0, 0.1) is 0 Å². The number of nitrogens with zero attached hydrogens (tertiary/aromatic N) is 3. The molecule has 0 atom stereocenters. The summed E-state index contributed by atoms with van der Waals surface area (Å²) < 4.78 is 5.36. The largest absolute Gasteiger partial charge is 0.496 e. The maximum absolute atomic E-state index is 5.36. The fourth-order valence-electron chi connectivity index (χ4n) is 1.97. The van der Waals surface area contributed by atoms with Crippen LogP contribution in [0.1, 0.15) is 0 Å². The zero-order chi connectivity index (χ0) is 13.1. The van der Waals surface area contributed by atoms with Gasteiger partial charge in [-0.15, -0.1) is 10.2 Å². The molecule has 2 aromatic carbocycles. The van der Waals surface area contributed by atoms with Gasteiger partial charge >= 0.3 is 0 Å². The molecule has 0 aliphatic carbocycles. The number of methoxy groups -OCH3 is 1. The van der Waals surface area contributed by atoms with E-state index in [1.807, 2.05) is 48.5 Å². The van der Waals surface area contributed by atoms with Crippen molar-refractivity contribution in [3.63, 3.8) is 0 Å². The van der Waals surface area contributed by atoms with Gasteiger partial charge in [0.15, 0.2) is 0 Å². The number of tetrazole rings is 1. The minimum Gasteiger partial charge on any atom is -0.496 e. The van der Waals surface area contributed by atoms with E-state index in [9.17, 15) is 0 Å². The van der Waals surface area contributed by atoms with Crippen LogP contribution in [0.25, 0.3) is 22.5 Å². The van der Waals surface area contributed by atoms with Crippen LogP contribution in [0.15, 0.2) is 48.5 Å². The van der Waals surface area contributed by atoms with E-state index >= 15 is 0 Å². The van der Waals surface area contributed by atoms with E-state index in [-0.39, 0.29) is 0 Å². The van der Waals surface area contributed by atoms with Crippen LogP contribution in [-0.2, 0) is 0 Å². The highest BCUT2D eigenvalue weighted by Crippen LogP contribution is 2.30. The smallest absolute Gasteiger partial charge is 0.204 e. The monoisotopic (exact) mass is 252 g/mol. The van der Waals surface area contributed by atoms with Gasteiger partial charge in [-0.25, -0.2) is 0 Å². The summed E-state index contributed by atoms with van der Waals surface area (Å²) in [6.07, 6.45) is 0. The number of aromatic amines is 1. The van der Waals surface area contributed by atoms with E-state index in [1.165, 1.54) is 0 Å². The minimum atomic E-state index is 0.589. The number of rotatable bonds is 3. The zero-order valence-electron chi connectivity index (χ0n) is 10.4. The highest BCUT2D eigenvalue weighted by molar-refractivity contribution is 5.72. The molecule has 1 heterocycles. The van der Waals surface area contributed by atoms with Gasteiger partial charge in [-0.1, -0.05) is 42.5 Å². The molecule has 3 aromatic rings. The van der Waals surface area contributed by atoms with E-state index < -0.39 is 0 Å². The Morgan fingerprint density at radius 2 is 1.68 bits per heavy atom. The summed E-state index contributed by atoms with van der Waals surface area (Å²) in [4.78, 5) is 0. The number of ether oxygens (including phenoxy) is 1. The molecule has 5 heteroatoms. The SMILES string of the molecule is COc1ccccc1-c1ccc(-c2nn[nH]n2)cc1. The third-order valence-electron chi connectivity index (χ3n) is 2.91. The number of benzene rings is 2. The topological polar surface area (TPSA) is 63.7 Å². The van der Waals surface area contributed by atoms with Crippen molar-refractivity contribution in [2.24, 2.45) is 0 Å². The van der Waals surface area contributed by atoms with Crippen molar-refractivity contribution < 1.29 is 4.74 Å². The second kappa shape index (κ2) is 4.89. The fourth-order valence-corrected chi connectivity index (χ4v) is 1.97. The number of H-pyrrole nitrogens is 1. The first-order valence-electron chi connectivity index (χ1n) is 5.86. The molecule has 1 aromatic heterocycles. The lowest BCUT2D eigenvalue weighted by atomic mass is 10.0. The second-order valence-corrected chi connectivity index (χ2v) is 4.01. The summed E-state index contributed by atoms with van der Waals surface area (Å²) in [5, 5.41) is 13.9. The molecular formula is C14H12N4O. The van der Waals surface area contributed by atoms with Crippen molar-refractivity contribution >= 4 is 0 Å². The van der Waals surface area contributed by atoms with Gasteiger partial charge < -0.3 is 4.74 Å². The van der Waals surface area contributed by atoms with Crippen LogP contribution in [0.3, 0.4) is 0 Å². The van der Waals surface area contributed by atoms with Crippen LogP contribution in [0.2, 0.25) is 0 Å². The van der Waals surface area contributed by atoms with Gasteiger partial charge in [0.25, 0.3) is 0 Å². The molecule has 5 nitrogen and oxygen atoms in total. The minimum absolute atomic E-state index is 0.589. The van der Waals surface area contributed by atoms with Crippen LogP contribution in [0.4, 0.5) is 0 Å². The predicted molar refractivity (Wildman–Crippen MR) is 71.6 cm³/mol. The molecule has 0 fully saturated rings. The molecule has 3 rings (SSSR count). The molecule has 1 N–H and O–H groups in total. The van der Waals surface area contributed by atoms with Crippen molar-refractivity contribution in [1.29, 1.82) is 0 Å². The van der Waals surface area contributed by atoms with Gasteiger partial charge in [0, 0.05) is 11.1 Å². The number of hydrogen-bond donors (Lipinski definition) is 1. The van der Waals surface area contributed by atoms with Gasteiger partial charge in [-0.3, -0.25) is 0 Å². The number of nitrogens with one attached hydrogen (secondary N) is 1. The molecule has 0 radical (unpaired) electrons. The Balaban J connectivity index is 1.99. The van der Waals surface area contributed by atoms with E-state index in [0.717, 1.165) is 22.4 Å². The first-order valence-corrected chi connectivity index (χ1v) is 5.86. The van der Waals surface area contributed by atoms with E-state index in [0.29, 0.717) is 5.82 Å². The van der Waals surface area contributed by atoms with Gasteiger partial charge in [-0.2, -0.15) is 5.21 Å². The average molecular weight is 252 g/mol. The number of hydrogen-bond acceptors (Lipinski definition) is 4. The van der Waals surface area contributed by atoms with Crippen LogP contribution < -0.4 is 4.74 Å². The first-order chi connectivity index (χ1) is 9.38. The van der Waals surface area contributed by atoms with Gasteiger partial charge in [-0.05, 0) is 16.8 Å². The van der Waals surface area contributed by atoms with Crippen molar-refractivity contribution in [2.75, 3.05) is 7.11 Å². The second-order valence-electron chi connectivity index (χ2n) is 4.01. The lowest BCUT2D eigenvalue weighted by molar-refractivity contribution is 0.416. The highest BCUT2D eigenvalue weighted by Gasteiger charge is 2.06. The standard InChI is InChI=1S/C14H12N4O/c1-19-13-5-3-2-4-12(13)10-6-8-11(9-7-10)14-15-17-18-16-14/h2-9H,1H3,(H,15,16,17,18). The molecular weight excluding hydrogens is 240 g/mol. The molecule has 94 valence electrons. The fraction of sp³-hybridized carbons (Fsp3) is 0.0714. The summed E-state index contributed by atoms with van der Waals surface area (Å²) in [7, 11) is 1.67. The Kier molecular flexibility index (Phi) is 2.94. The zero-order valence-corrected chi connectivity index (χ0v) is 10.4. The summed E-state index contributed by atoms with van der Waals surface area (Å²) in [5.41, 5.74) is 3.07. The van der Waals surface area contributed by atoms with E-state index in [2.05, 4.69) is 20.6 Å². The average Bonchev–Trinajstić information content (AvgIpc) is 3.02. The molecule has 19 heavy (non-hydrogen) atoms. The van der Waals surface area contributed by atoms with E-state index in [4.69, 9.17) is 4.74 Å². The molecule has 0 bridgehead atoms. The van der Waals surface area contributed by atoms with Gasteiger partial charge in [0.05, 0.1) is 7.11 Å². The summed E-state index contributed by atoms with van der Waals surface area (Å²) >= 11 is 0. The Bertz CT molecular complexity index is 662. The molecule has 0 amide bonds. The lowest BCUT2D eigenvalue weighted by Crippen LogP contribution is -1.87. The van der Waals surface area contributed by atoms with Crippen LogP contribution >= 0.6 is 0 Å². The quantitative estimate of drug-likeness (QED) is 0.778. The lowest BCUT2D eigenvalue weighted by Gasteiger charge is -2.08. The summed E-state index contributed by atoms with van der Waals surface area (Å²) in [5.74, 6) is 1.45.